The van der Waals surface area contributed by atoms with Crippen LogP contribution in [-0.4, -0.2) is 9.71 Å². The number of ketones is 1. The molecule has 0 heterocycles. The number of hydrogen-bond donors (Lipinski definition) is 0. The van der Waals surface area contributed by atoms with Crippen LogP contribution in [0.2, 0.25) is 0 Å². The lowest BCUT2D eigenvalue weighted by Gasteiger charge is -2.34. The molecule has 0 bridgehead atoms. The second kappa shape index (κ2) is 11.1. The Labute approximate surface area is 189 Å². The molecule has 3 unspecified atom stereocenters. The van der Waals surface area contributed by atoms with Crippen molar-refractivity contribution in [1.29, 1.82) is 0 Å². The molecule has 0 aromatic rings. The Bertz CT molecular complexity index is 477. The van der Waals surface area contributed by atoms with E-state index in [1.54, 1.807) is 0 Å². The van der Waals surface area contributed by atoms with Gasteiger partial charge in [0.05, 0.1) is 0 Å². The predicted octanol–water partition coefficient (Wildman–Crippen LogP) is 8.48. The summed E-state index contributed by atoms with van der Waals surface area (Å²) in [5, 5.41) is 0. The highest BCUT2D eigenvalue weighted by atomic mass is 127. The van der Waals surface area contributed by atoms with Crippen LogP contribution >= 0.6 is 22.6 Å². The highest BCUT2D eigenvalue weighted by Gasteiger charge is 2.31. The summed E-state index contributed by atoms with van der Waals surface area (Å²) < 4.78 is 0.805. The second-order valence-electron chi connectivity index (χ2n) is 11.7. The van der Waals surface area contributed by atoms with Crippen molar-refractivity contribution in [3.8, 4) is 0 Å². The molecule has 2 heteroatoms. The van der Waals surface area contributed by atoms with E-state index in [0.29, 0.717) is 5.78 Å². The molecule has 0 amide bonds. The fraction of sp³-hybridized carbons (Fsp3) is 0.962. The van der Waals surface area contributed by atoms with Crippen LogP contribution in [0, 0.1) is 40.9 Å². The maximum atomic E-state index is 13.0. The van der Waals surface area contributed by atoms with E-state index in [1.165, 1.54) is 57.8 Å². The number of carbonyl (C=O) groups is 1. The molecule has 0 spiro atoms. The minimum atomic E-state index is 0.161. The van der Waals surface area contributed by atoms with Gasteiger partial charge in [-0.25, -0.2) is 0 Å². The van der Waals surface area contributed by atoms with Gasteiger partial charge in [0, 0.05) is 16.3 Å². The third kappa shape index (κ3) is 7.91. The Hall–Kier alpha value is 0.400. The normalized spacial score (nSPS) is 34.0. The smallest absolute Gasteiger partial charge is 0.136 e. The maximum absolute atomic E-state index is 13.0. The minimum absolute atomic E-state index is 0.161. The quantitative estimate of drug-likeness (QED) is 0.228. The fourth-order valence-corrected chi connectivity index (χ4v) is 6.72. The van der Waals surface area contributed by atoms with E-state index >= 15 is 0 Å². The first-order chi connectivity index (χ1) is 13.1. The molecule has 2 rings (SSSR count). The van der Waals surface area contributed by atoms with E-state index in [2.05, 4.69) is 64.1 Å². The predicted molar refractivity (Wildman–Crippen MR) is 131 cm³/mol. The fourth-order valence-electron chi connectivity index (χ4n) is 5.64. The van der Waals surface area contributed by atoms with Crippen LogP contribution in [0.15, 0.2) is 0 Å². The molecule has 5 atom stereocenters. The first-order valence-corrected chi connectivity index (χ1v) is 13.5. The van der Waals surface area contributed by atoms with Crippen molar-refractivity contribution in [2.45, 2.75) is 116 Å². The highest BCUT2D eigenvalue weighted by Crippen LogP contribution is 2.40. The molecular weight excluding hydrogens is 455 g/mol. The summed E-state index contributed by atoms with van der Waals surface area (Å²) in [7, 11) is 0. The molecule has 0 aromatic heterocycles. The third-order valence-corrected chi connectivity index (χ3v) is 9.97. The van der Waals surface area contributed by atoms with Gasteiger partial charge in [0.15, 0.2) is 0 Å². The van der Waals surface area contributed by atoms with E-state index in [9.17, 15) is 4.79 Å². The van der Waals surface area contributed by atoms with Crippen LogP contribution < -0.4 is 0 Å². The monoisotopic (exact) mass is 502 g/mol. The van der Waals surface area contributed by atoms with Gasteiger partial charge in [-0.2, -0.15) is 0 Å². The number of Topliss-reactive ketones (excluding diaryl/α,β-unsaturated/α-hetero) is 1. The van der Waals surface area contributed by atoms with Crippen molar-refractivity contribution < 1.29 is 4.79 Å². The number of alkyl halides is 1. The molecule has 0 saturated heterocycles. The minimum Gasteiger partial charge on any atom is -0.299 e. The summed E-state index contributed by atoms with van der Waals surface area (Å²) >= 11 is 2.64. The average molecular weight is 503 g/mol. The van der Waals surface area contributed by atoms with Crippen molar-refractivity contribution in [3.63, 3.8) is 0 Å². The summed E-state index contributed by atoms with van der Waals surface area (Å²) in [6, 6.07) is 0. The SMILES string of the molecule is CC1CCC(C(C)CCC(C)(C)CC(=O)[C@@H](C)CC2CCC(C)[C@@H](I)C2)CC1. The molecule has 164 valence electrons. The van der Waals surface area contributed by atoms with Gasteiger partial charge < -0.3 is 0 Å². The molecule has 1 nitrogen and oxygen atoms in total. The first-order valence-electron chi connectivity index (χ1n) is 12.2. The molecule has 0 radical (unpaired) electrons. The van der Waals surface area contributed by atoms with Gasteiger partial charge in [-0.15, -0.1) is 0 Å². The largest absolute Gasteiger partial charge is 0.299 e. The zero-order chi connectivity index (χ0) is 20.9. The van der Waals surface area contributed by atoms with E-state index in [4.69, 9.17) is 0 Å². The van der Waals surface area contributed by atoms with Crippen molar-refractivity contribution in [1.82, 2.24) is 0 Å². The molecule has 2 aliphatic carbocycles. The van der Waals surface area contributed by atoms with Crippen LogP contribution in [-0.2, 0) is 4.79 Å². The van der Waals surface area contributed by atoms with E-state index < -0.39 is 0 Å². The highest BCUT2D eigenvalue weighted by molar-refractivity contribution is 14.1. The summed E-state index contributed by atoms with van der Waals surface area (Å²) in [5.74, 6) is 5.09. The number of halogens is 1. The van der Waals surface area contributed by atoms with Gasteiger partial charge in [0.1, 0.15) is 5.78 Å². The van der Waals surface area contributed by atoms with E-state index in [-0.39, 0.29) is 11.3 Å². The van der Waals surface area contributed by atoms with Crippen molar-refractivity contribution in [3.05, 3.63) is 0 Å². The number of rotatable bonds is 9. The molecule has 28 heavy (non-hydrogen) atoms. The lowest BCUT2D eigenvalue weighted by Crippen LogP contribution is -2.28. The third-order valence-electron chi connectivity index (χ3n) is 8.24. The van der Waals surface area contributed by atoms with Crippen molar-refractivity contribution in [2.75, 3.05) is 0 Å². The van der Waals surface area contributed by atoms with Crippen LogP contribution in [0.4, 0.5) is 0 Å². The molecule has 2 fully saturated rings. The number of carbonyl (C=O) groups excluding carboxylic acids is 1. The summed E-state index contributed by atoms with van der Waals surface area (Å²) in [5.41, 5.74) is 0.161. The maximum Gasteiger partial charge on any atom is 0.136 e. The standard InChI is InChI=1S/C26H47IO/c1-18-7-11-23(12-8-18)19(2)13-14-26(5,6)17-25(28)21(4)15-22-10-9-20(3)24(27)16-22/h18-24H,7-17H2,1-6H3/t18?,19?,20?,21-,22?,23?,24-/m0/s1. The second-order valence-corrected chi connectivity index (χ2v) is 13.3. The molecule has 2 saturated carbocycles. The van der Waals surface area contributed by atoms with Gasteiger partial charge in [-0.05, 0) is 80.0 Å². The lowest BCUT2D eigenvalue weighted by molar-refractivity contribution is -0.125. The Kier molecular flexibility index (Phi) is 9.82. The zero-order valence-electron chi connectivity index (χ0n) is 19.6. The molecule has 2 aliphatic rings. The van der Waals surface area contributed by atoms with Gasteiger partial charge in [0.25, 0.3) is 0 Å². The summed E-state index contributed by atoms with van der Waals surface area (Å²) in [6.45, 7) is 14.1. The average Bonchev–Trinajstić information content (AvgIpc) is 2.63. The van der Waals surface area contributed by atoms with Crippen molar-refractivity contribution in [2.24, 2.45) is 40.9 Å². The summed E-state index contributed by atoms with van der Waals surface area (Å²) in [6.07, 6.45) is 14.1. The van der Waals surface area contributed by atoms with Crippen LogP contribution in [0.25, 0.3) is 0 Å². The van der Waals surface area contributed by atoms with Crippen molar-refractivity contribution >= 4 is 28.4 Å². The van der Waals surface area contributed by atoms with Crippen LogP contribution in [0.3, 0.4) is 0 Å². The summed E-state index contributed by atoms with van der Waals surface area (Å²) in [4.78, 5) is 13.0. The van der Waals surface area contributed by atoms with Gasteiger partial charge in [-0.3, -0.25) is 4.79 Å². The molecule has 0 N–H and O–H groups in total. The Morgan fingerprint density at radius 2 is 1.68 bits per heavy atom. The van der Waals surface area contributed by atoms with E-state index in [0.717, 1.165) is 46.4 Å². The van der Waals surface area contributed by atoms with Gasteiger partial charge in [0.2, 0.25) is 0 Å². The Morgan fingerprint density at radius 1 is 1.04 bits per heavy atom. The number of hydrogen-bond acceptors (Lipinski definition) is 1. The lowest BCUT2D eigenvalue weighted by atomic mass is 9.72. The molecule has 0 aliphatic heterocycles. The molecule has 0 aromatic carbocycles. The zero-order valence-corrected chi connectivity index (χ0v) is 21.8. The van der Waals surface area contributed by atoms with Gasteiger partial charge in [-0.1, -0.05) is 83.4 Å². The van der Waals surface area contributed by atoms with Gasteiger partial charge >= 0.3 is 0 Å². The van der Waals surface area contributed by atoms with Crippen LogP contribution in [0.5, 0.6) is 0 Å². The first kappa shape index (κ1) is 24.7. The molecular formula is C26H47IO. The Morgan fingerprint density at radius 3 is 2.29 bits per heavy atom. The van der Waals surface area contributed by atoms with Crippen LogP contribution in [0.1, 0.15) is 112 Å². The Balaban J connectivity index is 1.73. The topological polar surface area (TPSA) is 17.1 Å². The van der Waals surface area contributed by atoms with E-state index in [1.807, 2.05) is 0 Å².